The number of Topliss-reactive ketones (excluding diaryl/α,β-unsaturated/α-hetero) is 1. The Balaban J connectivity index is 2.69. The van der Waals surface area contributed by atoms with Crippen LogP contribution in [0, 0.1) is 11.8 Å². The molecule has 0 amide bonds. The lowest BCUT2D eigenvalue weighted by Gasteiger charge is -1.90. The van der Waals surface area contributed by atoms with E-state index in [1.807, 2.05) is 0 Å². The van der Waals surface area contributed by atoms with Gasteiger partial charge in [-0.05, 0) is 19.1 Å². The first-order chi connectivity index (χ1) is 6.27. The number of nitrogens with two attached hydrogens (primary N) is 1. The van der Waals surface area contributed by atoms with Crippen LogP contribution in [0.15, 0.2) is 16.5 Å². The normalized spacial score (nSPS) is 9.08. The molecule has 1 aromatic heterocycles. The van der Waals surface area contributed by atoms with E-state index in [0.29, 0.717) is 18.1 Å². The van der Waals surface area contributed by atoms with Gasteiger partial charge in [0.1, 0.15) is 5.76 Å². The standard InChI is InChI=1S/C10H11NO2/c1-2-3-4-9(12)10-6-5-8(7-11)13-10/h5-6H,4,7,11H2,1H3. The molecule has 0 fully saturated rings. The summed E-state index contributed by atoms with van der Waals surface area (Å²) in [5.41, 5.74) is 5.33. The summed E-state index contributed by atoms with van der Waals surface area (Å²) in [4.78, 5) is 11.3. The van der Waals surface area contributed by atoms with Gasteiger partial charge in [0, 0.05) is 0 Å². The van der Waals surface area contributed by atoms with Crippen molar-refractivity contribution in [2.45, 2.75) is 19.9 Å². The molecule has 2 N–H and O–H groups in total. The highest BCUT2D eigenvalue weighted by atomic mass is 16.3. The lowest BCUT2D eigenvalue weighted by atomic mass is 10.2. The molecule has 0 bridgehead atoms. The predicted octanol–water partition coefficient (Wildman–Crippen LogP) is 1.33. The van der Waals surface area contributed by atoms with Gasteiger partial charge in [0.2, 0.25) is 5.78 Å². The molecule has 68 valence electrons. The Kier molecular flexibility index (Phi) is 3.30. The number of hydrogen-bond donors (Lipinski definition) is 1. The molecule has 0 aliphatic carbocycles. The predicted molar refractivity (Wildman–Crippen MR) is 49.0 cm³/mol. The summed E-state index contributed by atoms with van der Waals surface area (Å²) in [5, 5.41) is 0. The minimum absolute atomic E-state index is 0.103. The van der Waals surface area contributed by atoms with Crippen LogP contribution < -0.4 is 5.73 Å². The van der Waals surface area contributed by atoms with Crippen LogP contribution in [0.5, 0.6) is 0 Å². The molecule has 0 saturated heterocycles. The zero-order valence-electron chi connectivity index (χ0n) is 7.46. The highest BCUT2D eigenvalue weighted by molar-refractivity contribution is 5.95. The van der Waals surface area contributed by atoms with Gasteiger partial charge in [-0.15, -0.1) is 5.92 Å². The average Bonchev–Trinajstić information content (AvgIpc) is 2.62. The highest BCUT2D eigenvalue weighted by Gasteiger charge is 2.08. The second-order valence-electron chi connectivity index (χ2n) is 2.50. The third-order valence-corrected chi connectivity index (χ3v) is 1.56. The van der Waals surface area contributed by atoms with E-state index < -0.39 is 0 Å². The molecule has 3 heteroatoms. The molecule has 1 aromatic rings. The van der Waals surface area contributed by atoms with E-state index in [1.165, 1.54) is 0 Å². The summed E-state index contributed by atoms with van der Waals surface area (Å²) < 4.78 is 5.15. The molecular weight excluding hydrogens is 166 g/mol. The van der Waals surface area contributed by atoms with Crippen molar-refractivity contribution in [1.29, 1.82) is 0 Å². The van der Waals surface area contributed by atoms with Crippen LogP contribution in [0.3, 0.4) is 0 Å². The molecule has 0 atom stereocenters. The number of furan rings is 1. The molecule has 13 heavy (non-hydrogen) atoms. The van der Waals surface area contributed by atoms with Gasteiger partial charge in [-0.3, -0.25) is 4.79 Å². The molecule has 0 unspecified atom stereocenters. The van der Waals surface area contributed by atoms with Crippen LogP contribution >= 0.6 is 0 Å². The minimum Gasteiger partial charge on any atom is -0.457 e. The van der Waals surface area contributed by atoms with Crippen LogP contribution in [-0.2, 0) is 6.54 Å². The summed E-state index contributed by atoms with van der Waals surface area (Å²) in [5.74, 6) is 6.19. The van der Waals surface area contributed by atoms with Gasteiger partial charge in [0.25, 0.3) is 0 Å². The minimum atomic E-state index is -0.103. The molecule has 1 rings (SSSR count). The average molecular weight is 177 g/mol. The van der Waals surface area contributed by atoms with Gasteiger partial charge in [0.15, 0.2) is 5.76 Å². The Morgan fingerprint density at radius 2 is 2.38 bits per heavy atom. The zero-order chi connectivity index (χ0) is 9.68. The van der Waals surface area contributed by atoms with Crippen molar-refractivity contribution >= 4 is 5.78 Å². The van der Waals surface area contributed by atoms with Crippen LogP contribution in [0.2, 0.25) is 0 Å². The number of ketones is 1. The molecule has 0 saturated carbocycles. The summed E-state index contributed by atoms with van der Waals surface area (Å²) >= 11 is 0. The van der Waals surface area contributed by atoms with E-state index in [0.717, 1.165) is 0 Å². The molecule has 3 nitrogen and oxygen atoms in total. The Labute approximate surface area is 76.9 Å². The van der Waals surface area contributed by atoms with E-state index in [-0.39, 0.29) is 12.2 Å². The molecule has 0 aromatic carbocycles. The Morgan fingerprint density at radius 1 is 1.62 bits per heavy atom. The number of carbonyl (C=O) groups excluding carboxylic acids is 1. The Bertz CT molecular complexity index is 354. The summed E-state index contributed by atoms with van der Waals surface area (Å²) in [6, 6.07) is 3.33. The molecule has 0 radical (unpaired) electrons. The van der Waals surface area contributed by atoms with Gasteiger partial charge in [-0.1, -0.05) is 5.92 Å². The lowest BCUT2D eigenvalue weighted by molar-refractivity contribution is 0.0970. The van der Waals surface area contributed by atoms with Gasteiger partial charge in [-0.2, -0.15) is 0 Å². The molecule has 1 heterocycles. The van der Waals surface area contributed by atoms with Gasteiger partial charge < -0.3 is 10.2 Å². The van der Waals surface area contributed by atoms with E-state index in [9.17, 15) is 4.79 Å². The number of hydrogen-bond acceptors (Lipinski definition) is 3. The third kappa shape index (κ3) is 2.46. The van der Waals surface area contributed by atoms with Crippen LogP contribution in [0.1, 0.15) is 29.7 Å². The van der Waals surface area contributed by atoms with Crippen LogP contribution in [-0.4, -0.2) is 5.78 Å². The van der Waals surface area contributed by atoms with Gasteiger partial charge in [-0.25, -0.2) is 0 Å². The smallest absolute Gasteiger partial charge is 0.209 e. The molecule has 0 spiro atoms. The second-order valence-corrected chi connectivity index (χ2v) is 2.50. The van der Waals surface area contributed by atoms with Crippen molar-refractivity contribution in [1.82, 2.24) is 0 Å². The second kappa shape index (κ2) is 4.48. The Morgan fingerprint density at radius 3 is 2.92 bits per heavy atom. The first-order valence-corrected chi connectivity index (χ1v) is 3.99. The molecule has 0 aliphatic rings. The van der Waals surface area contributed by atoms with E-state index >= 15 is 0 Å². The van der Waals surface area contributed by atoms with Crippen molar-refractivity contribution < 1.29 is 9.21 Å². The van der Waals surface area contributed by atoms with Crippen LogP contribution in [0.4, 0.5) is 0 Å². The topological polar surface area (TPSA) is 56.2 Å². The third-order valence-electron chi connectivity index (χ3n) is 1.56. The quantitative estimate of drug-likeness (QED) is 0.559. The fraction of sp³-hybridized carbons (Fsp3) is 0.300. The first-order valence-electron chi connectivity index (χ1n) is 3.99. The summed E-state index contributed by atoms with van der Waals surface area (Å²) in [7, 11) is 0. The SMILES string of the molecule is CC#CCC(=O)c1ccc(CN)o1. The highest BCUT2D eigenvalue weighted by Crippen LogP contribution is 2.08. The van der Waals surface area contributed by atoms with Crippen molar-refractivity contribution in [2.75, 3.05) is 0 Å². The van der Waals surface area contributed by atoms with Gasteiger partial charge >= 0.3 is 0 Å². The van der Waals surface area contributed by atoms with E-state index in [1.54, 1.807) is 19.1 Å². The largest absolute Gasteiger partial charge is 0.457 e. The fourth-order valence-corrected chi connectivity index (χ4v) is 0.893. The molecular formula is C10H11NO2. The van der Waals surface area contributed by atoms with Crippen molar-refractivity contribution in [3.63, 3.8) is 0 Å². The molecule has 0 aliphatic heterocycles. The van der Waals surface area contributed by atoms with Crippen molar-refractivity contribution in [3.8, 4) is 11.8 Å². The van der Waals surface area contributed by atoms with E-state index in [2.05, 4.69) is 11.8 Å². The zero-order valence-corrected chi connectivity index (χ0v) is 7.46. The maximum absolute atomic E-state index is 11.3. The van der Waals surface area contributed by atoms with Crippen LogP contribution in [0.25, 0.3) is 0 Å². The van der Waals surface area contributed by atoms with Crippen molar-refractivity contribution in [2.24, 2.45) is 5.73 Å². The maximum atomic E-state index is 11.3. The lowest BCUT2D eigenvalue weighted by Crippen LogP contribution is -1.96. The number of carbonyl (C=O) groups is 1. The monoisotopic (exact) mass is 177 g/mol. The maximum Gasteiger partial charge on any atom is 0.209 e. The summed E-state index contributed by atoms with van der Waals surface area (Å²) in [6.07, 6.45) is 0.202. The van der Waals surface area contributed by atoms with Gasteiger partial charge in [0.05, 0.1) is 13.0 Å². The van der Waals surface area contributed by atoms with Crippen molar-refractivity contribution in [3.05, 3.63) is 23.7 Å². The fourth-order valence-electron chi connectivity index (χ4n) is 0.893. The summed E-state index contributed by atoms with van der Waals surface area (Å²) in [6.45, 7) is 2.01. The van der Waals surface area contributed by atoms with E-state index in [4.69, 9.17) is 10.2 Å². The Hall–Kier alpha value is -1.53. The number of rotatable bonds is 3. The first kappa shape index (κ1) is 9.56.